The van der Waals surface area contributed by atoms with Gasteiger partial charge < -0.3 is 15.5 Å². The summed E-state index contributed by atoms with van der Waals surface area (Å²) < 4.78 is 0. The fraction of sp³-hybridized carbons (Fsp3) is 1.00. The third kappa shape index (κ3) is 3.44. The summed E-state index contributed by atoms with van der Waals surface area (Å²) >= 11 is 0. The Morgan fingerprint density at radius 3 is 2.53 bits per heavy atom. The van der Waals surface area contributed by atoms with E-state index < -0.39 is 0 Å². The van der Waals surface area contributed by atoms with E-state index in [0.717, 1.165) is 18.9 Å². The van der Waals surface area contributed by atoms with Crippen molar-refractivity contribution in [3.63, 3.8) is 0 Å². The number of rotatable bonds is 5. The van der Waals surface area contributed by atoms with Crippen LogP contribution in [0.1, 0.15) is 19.8 Å². The molecule has 1 saturated heterocycles. The molecule has 1 fully saturated rings. The predicted octanol–water partition coefficient (Wildman–Crippen LogP) is 0.853. The van der Waals surface area contributed by atoms with Gasteiger partial charge in [0.15, 0.2) is 0 Å². The minimum atomic E-state index is 0.693. The number of likely N-dealkylation sites (tertiary alicyclic amines) is 1. The molecule has 0 aliphatic carbocycles. The largest absolute Gasteiger partial charge is 0.330 e. The molecule has 0 saturated carbocycles. The number of hydrogen-bond acceptors (Lipinski definition) is 3. The lowest BCUT2D eigenvalue weighted by Gasteiger charge is -2.35. The van der Waals surface area contributed by atoms with E-state index >= 15 is 0 Å². The molecule has 1 aliphatic heterocycles. The highest BCUT2D eigenvalue weighted by atomic mass is 15.2. The normalized spacial score (nSPS) is 27.2. The zero-order valence-electron chi connectivity index (χ0n) is 10.7. The molecule has 1 aliphatic rings. The van der Waals surface area contributed by atoms with Gasteiger partial charge in [-0.2, -0.15) is 0 Å². The van der Waals surface area contributed by atoms with Crippen molar-refractivity contribution in [2.24, 2.45) is 17.6 Å². The lowest BCUT2D eigenvalue weighted by Crippen LogP contribution is -2.42. The molecule has 0 bridgehead atoms. The van der Waals surface area contributed by atoms with Crippen LogP contribution in [0.15, 0.2) is 0 Å². The smallest absolute Gasteiger partial charge is 0.0156 e. The van der Waals surface area contributed by atoms with E-state index in [1.807, 2.05) is 0 Å². The molecule has 0 amide bonds. The number of nitrogens with two attached hydrogens (primary N) is 1. The Kier molecular flexibility index (Phi) is 5.03. The lowest BCUT2D eigenvalue weighted by atomic mass is 9.86. The molecule has 2 N–H and O–H groups in total. The minimum absolute atomic E-state index is 0.693. The van der Waals surface area contributed by atoms with E-state index in [4.69, 9.17) is 5.73 Å². The van der Waals surface area contributed by atoms with Gasteiger partial charge >= 0.3 is 0 Å². The molecule has 1 heterocycles. The van der Waals surface area contributed by atoms with Gasteiger partial charge in [-0.25, -0.2) is 0 Å². The first-order valence-electron chi connectivity index (χ1n) is 6.11. The monoisotopic (exact) mass is 213 g/mol. The average molecular weight is 213 g/mol. The summed E-state index contributed by atoms with van der Waals surface area (Å²) in [5.74, 6) is 1.54. The molecule has 3 unspecified atom stereocenters. The molecular weight excluding hydrogens is 186 g/mol. The highest BCUT2D eigenvalue weighted by Crippen LogP contribution is 2.27. The first-order valence-corrected chi connectivity index (χ1v) is 6.11. The van der Waals surface area contributed by atoms with Crippen molar-refractivity contribution in [3.8, 4) is 0 Å². The quantitative estimate of drug-likeness (QED) is 0.735. The molecule has 0 aromatic carbocycles. The molecule has 3 heteroatoms. The summed E-state index contributed by atoms with van der Waals surface area (Å²) in [7, 11) is 6.63. The first kappa shape index (κ1) is 12.9. The van der Waals surface area contributed by atoms with Gasteiger partial charge in [0.25, 0.3) is 0 Å². The van der Waals surface area contributed by atoms with Crippen LogP contribution in [0.2, 0.25) is 0 Å². The average Bonchev–Trinajstić information content (AvgIpc) is 2.51. The Labute approximate surface area is 94.6 Å². The van der Waals surface area contributed by atoms with Crippen LogP contribution in [-0.4, -0.2) is 56.6 Å². The summed E-state index contributed by atoms with van der Waals surface area (Å²) in [5.41, 5.74) is 5.66. The third-order valence-electron chi connectivity index (χ3n) is 3.71. The van der Waals surface area contributed by atoms with Crippen molar-refractivity contribution in [2.45, 2.75) is 25.8 Å². The second-order valence-electron chi connectivity index (χ2n) is 5.32. The maximum atomic E-state index is 5.66. The Morgan fingerprint density at radius 2 is 2.13 bits per heavy atom. The molecule has 3 atom stereocenters. The predicted molar refractivity (Wildman–Crippen MR) is 65.9 cm³/mol. The van der Waals surface area contributed by atoms with E-state index in [-0.39, 0.29) is 0 Å². The van der Waals surface area contributed by atoms with Crippen molar-refractivity contribution in [1.29, 1.82) is 0 Å². The molecule has 90 valence electrons. The summed E-state index contributed by atoms with van der Waals surface area (Å²) in [6.07, 6.45) is 2.48. The van der Waals surface area contributed by atoms with Crippen LogP contribution in [0.4, 0.5) is 0 Å². The van der Waals surface area contributed by atoms with Crippen molar-refractivity contribution < 1.29 is 0 Å². The third-order valence-corrected chi connectivity index (χ3v) is 3.71. The van der Waals surface area contributed by atoms with Crippen LogP contribution in [-0.2, 0) is 0 Å². The fourth-order valence-corrected chi connectivity index (χ4v) is 3.08. The van der Waals surface area contributed by atoms with Crippen LogP contribution >= 0.6 is 0 Å². The number of nitrogens with zero attached hydrogens (tertiary/aromatic N) is 2. The van der Waals surface area contributed by atoms with Crippen LogP contribution in [0, 0.1) is 11.8 Å². The summed E-state index contributed by atoms with van der Waals surface area (Å²) in [6.45, 7) is 5.66. The van der Waals surface area contributed by atoms with Gasteiger partial charge in [-0.05, 0) is 58.9 Å². The molecule has 3 nitrogen and oxygen atoms in total. The van der Waals surface area contributed by atoms with Gasteiger partial charge in [-0.1, -0.05) is 6.92 Å². The molecule has 1 rings (SSSR count). The molecular formula is C12H27N3. The van der Waals surface area contributed by atoms with Crippen molar-refractivity contribution in [3.05, 3.63) is 0 Å². The summed E-state index contributed by atoms with van der Waals surface area (Å²) in [6, 6.07) is 0.693. The standard InChI is InChI=1S/C12H27N3/c1-10(5-7-13)12(14(2)3)11-6-8-15(4)9-11/h10-12H,5-9,13H2,1-4H3. The highest BCUT2D eigenvalue weighted by Gasteiger charge is 2.32. The molecule has 0 radical (unpaired) electrons. The van der Waals surface area contributed by atoms with E-state index in [1.165, 1.54) is 19.5 Å². The van der Waals surface area contributed by atoms with Crippen LogP contribution in [0.3, 0.4) is 0 Å². The van der Waals surface area contributed by atoms with Gasteiger partial charge in [0.05, 0.1) is 0 Å². The molecule has 0 spiro atoms. The Morgan fingerprint density at radius 1 is 1.47 bits per heavy atom. The maximum Gasteiger partial charge on any atom is 0.0156 e. The van der Waals surface area contributed by atoms with Gasteiger partial charge in [0, 0.05) is 12.6 Å². The molecule has 0 aromatic rings. The first-order chi connectivity index (χ1) is 7.06. The fourth-order valence-electron chi connectivity index (χ4n) is 3.08. The zero-order chi connectivity index (χ0) is 11.4. The van der Waals surface area contributed by atoms with Gasteiger partial charge in [0.2, 0.25) is 0 Å². The van der Waals surface area contributed by atoms with E-state index in [2.05, 4.69) is 37.9 Å². The van der Waals surface area contributed by atoms with Gasteiger partial charge in [-0.15, -0.1) is 0 Å². The van der Waals surface area contributed by atoms with Crippen molar-refractivity contribution >= 4 is 0 Å². The summed E-state index contributed by atoms with van der Waals surface area (Å²) in [5, 5.41) is 0. The Hall–Kier alpha value is -0.120. The van der Waals surface area contributed by atoms with Gasteiger partial charge in [0.1, 0.15) is 0 Å². The topological polar surface area (TPSA) is 32.5 Å². The zero-order valence-corrected chi connectivity index (χ0v) is 10.7. The van der Waals surface area contributed by atoms with E-state index in [9.17, 15) is 0 Å². The lowest BCUT2D eigenvalue weighted by molar-refractivity contribution is 0.147. The van der Waals surface area contributed by atoms with E-state index in [0.29, 0.717) is 12.0 Å². The summed E-state index contributed by atoms with van der Waals surface area (Å²) in [4.78, 5) is 4.83. The van der Waals surface area contributed by atoms with Crippen LogP contribution in [0.5, 0.6) is 0 Å². The maximum absolute atomic E-state index is 5.66. The second kappa shape index (κ2) is 5.83. The molecule has 0 aromatic heterocycles. The molecule has 15 heavy (non-hydrogen) atoms. The number of hydrogen-bond donors (Lipinski definition) is 1. The Balaban J connectivity index is 2.57. The van der Waals surface area contributed by atoms with Crippen LogP contribution < -0.4 is 5.73 Å². The minimum Gasteiger partial charge on any atom is -0.330 e. The van der Waals surface area contributed by atoms with Crippen LogP contribution in [0.25, 0.3) is 0 Å². The van der Waals surface area contributed by atoms with Crippen molar-refractivity contribution in [2.75, 3.05) is 40.8 Å². The second-order valence-corrected chi connectivity index (χ2v) is 5.32. The van der Waals surface area contributed by atoms with Gasteiger partial charge in [-0.3, -0.25) is 0 Å². The highest BCUT2D eigenvalue weighted by molar-refractivity contribution is 4.87. The van der Waals surface area contributed by atoms with Crippen molar-refractivity contribution in [1.82, 2.24) is 9.80 Å². The van der Waals surface area contributed by atoms with E-state index in [1.54, 1.807) is 0 Å². The SMILES string of the molecule is CC(CCN)C(C1CCN(C)C1)N(C)C. The Bertz CT molecular complexity index is 182.